The molecule has 0 aliphatic rings. The lowest BCUT2D eigenvalue weighted by atomic mass is 10.4. The summed E-state index contributed by atoms with van der Waals surface area (Å²) in [6, 6.07) is 4.08. The fourth-order valence-corrected chi connectivity index (χ4v) is 2.54. The van der Waals surface area contributed by atoms with Crippen molar-refractivity contribution in [1.29, 1.82) is 0 Å². The highest BCUT2D eigenvalue weighted by atomic mass is 79.9. The van der Waals surface area contributed by atoms with Gasteiger partial charge in [0.15, 0.2) is 0 Å². The molecule has 0 saturated carbocycles. The first-order valence-electron chi connectivity index (χ1n) is 4.45. The lowest BCUT2D eigenvalue weighted by Crippen LogP contribution is -1.96. The average Bonchev–Trinajstić information content (AvgIpc) is 2.74. The van der Waals surface area contributed by atoms with Crippen LogP contribution in [-0.2, 0) is 6.54 Å². The van der Waals surface area contributed by atoms with Crippen LogP contribution in [0.3, 0.4) is 0 Å². The van der Waals surface area contributed by atoms with Gasteiger partial charge in [-0.05, 0) is 34.5 Å². The maximum absolute atomic E-state index is 4.12. The second-order valence-electron chi connectivity index (χ2n) is 2.97. The van der Waals surface area contributed by atoms with Gasteiger partial charge in [0.2, 0.25) is 0 Å². The van der Waals surface area contributed by atoms with Crippen LogP contribution in [0.15, 0.2) is 22.1 Å². The lowest BCUT2D eigenvalue weighted by Gasteiger charge is -1.92. The van der Waals surface area contributed by atoms with Crippen molar-refractivity contribution >= 4 is 27.3 Å². The average molecular weight is 272 g/mol. The van der Waals surface area contributed by atoms with E-state index < -0.39 is 0 Å². The molecule has 0 atom stereocenters. The molecule has 0 aliphatic heterocycles. The number of hydrogen-bond donors (Lipinski definition) is 0. The summed E-state index contributed by atoms with van der Waals surface area (Å²) in [5.74, 6) is 0. The van der Waals surface area contributed by atoms with Crippen LogP contribution in [0.25, 0.3) is 10.6 Å². The molecule has 3 nitrogen and oxygen atoms in total. The summed E-state index contributed by atoms with van der Waals surface area (Å²) in [7, 11) is 0. The molecular formula is C9H10BrN3S. The standard InChI is InChI=1S/C9H10BrN3S/c1-2-5-13-6-7(11-12-13)8-3-4-9(10)14-8/h3-4,6H,2,5H2,1H3. The van der Waals surface area contributed by atoms with Gasteiger partial charge in [0.1, 0.15) is 5.69 Å². The minimum Gasteiger partial charge on any atom is -0.252 e. The first-order chi connectivity index (χ1) is 6.79. The fraction of sp³-hybridized carbons (Fsp3) is 0.333. The Hall–Kier alpha value is -0.680. The number of rotatable bonds is 3. The molecule has 14 heavy (non-hydrogen) atoms. The molecule has 0 aromatic carbocycles. The normalized spacial score (nSPS) is 10.7. The van der Waals surface area contributed by atoms with Crippen LogP contribution in [0.5, 0.6) is 0 Å². The third kappa shape index (κ3) is 2.04. The number of hydrogen-bond acceptors (Lipinski definition) is 3. The minimum absolute atomic E-state index is 0.930. The zero-order valence-corrected chi connectivity index (χ0v) is 10.2. The van der Waals surface area contributed by atoms with Crippen LogP contribution < -0.4 is 0 Å². The molecular weight excluding hydrogens is 262 g/mol. The summed E-state index contributed by atoms with van der Waals surface area (Å²) >= 11 is 5.10. The Morgan fingerprint density at radius 2 is 2.36 bits per heavy atom. The van der Waals surface area contributed by atoms with Crippen LogP contribution in [0.2, 0.25) is 0 Å². The van der Waals surface area contributed by atoms with E-state index in [-0.39, 0.29) is 0 Å². The van der Waals surface area contributed by atoms with E-state index >= 15 is 0 Å². The summed E-state index contributed by atoms with van der Waals surface area (Å²) in [4.78, 5) is 1.15. The number of nitrogens with zero attached hydrogens (tertiary/aromatic N) is 3. The van der Waals surface area contributed by atoms with E-state index in [1.54, 1.807) is 11.3 Å². The SMILES string of the molecule is CCCn1cc(-c2ccc(Br)s2)nn1. The molecule has 74 valence electrons. The third-order valence-corrected chi connectivity index (χ3v) is 3.46. The molecule has 2 aromatic rings. The Morgan fingerprint density at radius 1 is 1.50 bits per heavy atom. The van der Waals surface area contributed by atoms with Crippen molar-refractivity contribution < 1.29 is 0 Å². The Kier molecular flexibility index (Phi) is 2.98. The quantitative estimate of drug-likeness (QED) is 0.859. The van der Waals surface area contributed by atoms with Crippen molar-refractivity contribution in [2.45, 2.75) is 19.9 Å². The van der Waals surface area contributed by atoms with Crippen LogP contribution in [0, 0.1) is 0 Å². The van der Waals surface area contributed by atoms with E-state index in [0.29, 0.717) is 0 Å². The van der Waals surface area contributed by atoms with Gasteiger partial charge in [-0.15, -0.1) is 16.4 Å². The molecule has 0 unspecified atom stereocenters. The molecule has 2 aromatic heterocycles. The van der Waals surface area contributed by atoms with Crippen LogP contribution in [0.1, 0.15) is 13.3 Å². The molecule has 0 N–H and O–H groups in total. The number of halogens is 1. The molecule has 5 heteroatoms. The smallest absolute Gasteiger partial charge is 0.123 e. The zero-order valence-electron chi connectivity index (χ0n) is 7.77. The molecule has 2 rings (SSSR count). The molecule has 0 amide bonds. The van der Waals surface area contributed by atoms with E-state index in [9.17, 15) is 0 Å². The van der Waals surface area contributed by atoms with Crippen molar-refractivity contribution in [2.24, 2.45) is 0 Å². The zero-order chi connectivity index (χ0) is 9.97. The molecule has 2 heterocycles. The number of thiophene rings is 1. The summed E-state index contributed by atoms with van der Waals surface area (Å²) in [5, 5.41) is 8.17. The predicted molar refractivity (Wildman–Crippen MR) is 61.3 cm³/mol. The minimum atomic E-state index is 0.930. The van der Waals surface area contributed by atoms with Gasteiger partial charge in [-0.2, -0.15) is 0 Å². The summed E-state index contributed by atoms with van der Waals surface area (Å²) in [6.07, 6.45) is 3.07. The molecule has 0 radical (unpaired) electrons. The van der Waals surface area contributed by atoms with Gasteiger partial charge in [0.25, 0.3) is 0 Å². The second-order valence-corrected chi connectivity index (χ2v) is 5.43. The van der Waals surface area contributed by atoms with E-state index in [0.717, 1.165) is 27.3 Å². The monoisotopic (exact) mass is 271 g/mol. The van der Waals surface area contributed by atoms with E-state index in [2.05, 4.69) is 39.2 Å². The topological polar surface area (TPSA) is 30.7 Å². The third-order valence-electron chi connectivity index (χ3n) is 1.82. The number of aryl methyl sites for hydroxylation is 1. The van der Waals surface area contributed by atoms with Crippen molar-refractivity contribution in [2.75, 3.05) is 0 Å². The highest BCUT2D eigenvalue weighted by molar-refractivity contribution is 9.11. The van der Waals surface area contributed by atoms with Crippen molar-refractivity contribution in [3.63, 3.8) is 0 Å². The van der Waals surface area contributed by atoms with E-state index in [4.69, 9.17) is 0 Å². The van der Waals surface area contributed by atoms with Crippen LogP contribution >= 0.6 is 27.3 Å². The predicted octanol–water partition coefficient (Wildman–Crippen LogP) is 3.18. The Labute approximate surface area is 94.9 Å². The lowest BCUT2D eigenvalue weighted by molar-refractivity contribution is 0.579. The van der Waals surface area contributed by atoms with E-state index in [1.807, 2.05) is 16.9 Å². The first kappa shape index (κ1) is 9.86. The summed E-state index contributed by atoms with van der Waals surface area (Å²) in [5.41, 5.74) is 0.953. The maximum atomic E-state index is 4.12. The Morgan fingerprint density at radius 3 is 3.00 bits per heavy atom. The van der Waals surface area contributed by atoms with Gasteiger partial charge in [-0.3, -0.25) is 4.68 Å². The molecule has 0 saturated heterocycles. The highest BCUT2D eigenvalue weighted by Crippen LogP contribution is 2.29. The van der Waals surface area contributed by atoms with Crippen molar-refractivity contribution in [3.8, 4) is 10.6 Å². The van der Waals surface area contributed by atoms with Crippen LogP contribution in [-0.4, -0.2) is 15.0 Å². The van der Waals surface area contributed by atoms with Gasteiger partial charge in [-0.25, -0.2) is 0 Å². The molecule has 0 aliphatic carbocycles. The van der Waals surface area contributed by atoms with Crippen molar-refractivity contribution in [1.82, 2.24) is 15.0 Å². The highest BCUT2D eigenvalue weighted by Gasteiger charge is 2.05. The Balaban J connectivity index is 2.24. The number of aromatic nitrogens is 3. The maximum Gasteiger partial charge on any atom is 0.123 e. The molecule has 0 fully saturated rings. The second kappa shape index (κ2) is 4.23. The van der Waals surface area contributed by atoms with Gasteiger partial charge in [0.05, 0.1) is 14.9 Å². The van der Waals surface area contributed by atoms with Gasteiger partial charge in [-0.1, -0.05) is 12.1 Å². The fourth-order valence-electron chi connectivity index (χ4n) is 1.20. The first-order valence-corrected chi connectivity index (χ1v) is 6.06. The Bertz CT molecular complexity index is 421. The summed E-state index contributed by atoms with van der Waals surface area (Å²) in [6.45, 7) is 3.06. The van der Waals surface area contributed by atoms with Gasteiger partial charge >= 0.3 is 0 Å². The van der Waals surface area contributed by atoms with Gasteiger partial charge < -0.3 is 0 Å². The summed E-state index contributed by atoms with van der Waals surface area (Å²) < 4.78 is 3.00. The van der Waals surface area contributed by atoms with Crippen LogP contribution in [0.4, 0.5) is 0 Å². The van der Waals surface area contributed by atoms with E-state index in [1.165, 1.54) is 0 Å². The van der Waals surface area contributed by atoms with Gasteiger partial charge in [0, 0.05) is 6.54 Å². The van der Waals surface area contributed by atoms with Crippen molar-refractivity contribution in [3.05, 3.63) is 22.1 Å². The molecule has 0 bridgehead atoms. The largest absolute Gasteiger partial charge is 0.252 e. The molecule has 0 spiro atoms.